The number of allylic oxidation sites excluding steroid dienone is 1. The van der Waals surface area contributed by atoms with E-state index in [1.807, 2.05) is 30.3 Å². The highest BCUT2D eigenvalue weighted by atomic mass is 127. The molecule has 11 heteroatoms. The first-order valence-corrected chi connectivity index (χ1v) is 14.9. The molecule has 1 aromatic heterocycles. The van der Waals surface area contributed by atoms with Gasteiger partial charge in [0.15, 0.2) is 4.80 Å². The van der Waals surface area contributed by atoms with Crippen LogP contribution >= 0.6 is 72.4 Å². The van der Waals surface area contributed by atoms with Crippen LogP contribution in [0.1, 0.15) is 37.9 Å². The SMILES string of the molecule is COc1ccc(Br)cc1[C@H]1C(C(=O)OC(C)C)=C(C)N=c2s/c(=C\c3cc(I)c(OC)c(I)c3)c(=O)n21. The maximum Gasteiger partial charge on any atom is 0.338 e. The van der Waals surface area contributed by atoms with E-state index in [2.05, 4.69) is 66.1 Å². The summed E-state index contributed by atoms with van der Waals surface area (Å²) >= 11 is 9.24. The van der Waals surface area contributed by atoms with Crippen LogP contribution in [0.3, 0.4) is 0 Å². The van der Waals surface area contributed by atoms with Gasteiger partial charge in [-0.25, -0.2) is 9.79 Å². The number of methoxy groups -OCH3 is 2. The molecular formula is C26H23BrI2N2O5S. The summed E-state index contributed by atoms with van der Waals surface area (Å²) in [4.78, 5) is 32.4. The lowest BCUT2D eigenvalue weighted by molar-refractivity contribution is -0.143. The summed E-state index contributed by atoms with van der Waals surface area (Å²) in [7, 11) is 3.20. The number of aromatic nitrogens is 1. The smallest absolute Gasteiger partial charge is 0.338 e. The summed E-state index contributed by atoms with van der Waals surface area (Å²) in [6.45, 7) is 5.34. The Morgan fingerprint density at radius 1 is 1.16 bits per heavy atom. The molecule has 0 unspecified atom stereocenters. The molecule has 0 spiro atoms. The number of esters is 1. The predicted molar refractivity (Wildman–Crippen MR) is 164 cm³/mol. The Labute approximate surface area is 253 Å². The number of nitrogens with zero attached hydrogens (tertiary/aromatic N) is 2. The Bertz CT molecular complexity index is 1590. The van der Waals surface area contributed by atoms with Crippen molar-refractivity contribution >= 4 is 84.5 Å². The number of rotatable bonds is 6. The van der Waals surface area contributed by atoms with Gasteiger partial charge in [0.25, 0.3) is 5.56 Å². The highest BCUT2D eigenvalue weighted by Gasteiger charge is 2.35. The Balaban J connectivity index is 1.99. The molecule has 2 aromatic carbocycles. The van der Waals surface area contributed by atoms with Gasteiger partial charge in [0.05, 0.1) is 43.3 Å². The summed E-state index contributed by atoms with van der Waals surface area (Å²) < 4.78 is 21.4. The van der Waals surface area contributed by atoms with Crippen molar-refractivity contribution in [2.24, 2.45) is 4.99 Å². The second kappa shape index (κ2) is 11.6. The number of hydrogen-bond acceptors (Lipinski definition) is 7. The van der Waals surface area contributed by atoms with Crippen molar-refractivity contribution in [3.63, 3.8) is 0 Å². The van der Waals surface area contributed by atoms with E-state index >= 15 is 0 Å². The fraction of sp³-hybridized carbons (Fsp3) is 0.269. The van der Waals surface area contributed by atoms with Crippen molar-refractivity contribution in [1.82, 2.24) is 4.57 Å². The van der Waals surface area contributed by atoms with Crippen LogP contribution in [-0.2, 0) is 9.53 Å². The molecule has 2 heterocycles. The maximum atomic E-state index is 13.9. The Hall–Kier alpha value is -1.71. The molecule has 1 aliphatic heterocycles. The molecule has 0 saturated heterocycles. The van der Waals surface area contributed by atoms with Crippen molar-refractivity contribution < 1.29 is 19.0 Å². The van der Waals surface area contributed by atoms with Gasteiger partial charge in [0.1, 0.15) is 17.5 Å². The molecule has 37 heavy (non-hydrogen) atoms. The van der Waals surface area contributed by atoms with Gasteiger partial charge in [0, 0.05) is 10.0 Å². The van der Waals surface area contributed by atoms with Crippen LogP contribution in [0.25, 0.3) is 6.08 Å². The lowest BCUT2D eigenvalue weighted by atomic mass is 9.95. The number of carbonyl (C=O) groups is 1. The predicted octanol–water partition coefficient (Wildman–Crippen LogP) is 5.18. The maximum absolute atomic E-state index is 13.9. The molecule has 0 aliphatic carbocycles. The Kier molecular flexibility index (Phi) is 8.86. The van der Waals surface area contributed by atoms with E-state index in [0.29, 0.717) is 31.9 Å². The third kappa shape index (κ3) is 5.69. The zero-order valence-electron chi connectivity index (χ0n) is 20.6. The minimum Gasteiger partial charge on any atom is -0.496 e. The molecule has 3 aromatic rings. The third-order valence-electron chi connectivity index (χ3n) is 5.59. The molecule has 4 rings (SSSR count). The zero-order valence-corrected chi connectivity index (χ0v) is 27.3. The number of ether oxygens (including phenoxy) is 3. The Morgan fingerprint density at radius 2 is 1.84 bits per heavy atom. The van der Waals surface area contributed by atoms with Gasteiger partial charge in [0.2, 0.25) is 0 Å². The van der Waals surface area contributed by atoms with Gasteiger partial charge in [-0.1, -0.05) is 27.3 Å². The van der Waals surface area contributed by atoms with E-state index in [9.17, 15) is 9.59 Å². The van der Waals surface area contributed by atoms with E-state index in [4.69, 9.17) is 14.2 Å². The normalized spacial score (nSPS) is 15.5. The molecule has 1 aliphatic rings. The van der Waals surface area contributed by atoms with E-state index < -0.39 is 12.0 Å². The average Bonchev–Trinajstić information content (AvgIpc) is 3.11. The number of thiazole rings is 1. The van der Waals surface area contributed by atoms with E-state index in [-0.39, 0.29) is 11.7 Å². The van der Waals surface area contributed by atoms with Gasteiger partial charge in [-0.2, -0.15) is 0 Å². The largest absolute Gasteiger partial charge is 0.496 e. The molecule has 0 N–H and O–H groups in total. The van der Waals surface area contributed by atoms with Crippen molar-refractivity contribution in [1.29, 1.82) is 0 Å². The van der Waals surface area contributed by atoms with Gasteiger partial charge in [-0.3, -0.25) is 9.36 Å². The molecule has 0 fully saturated rings. The van der Waals surface area contributed by atoms with Crippen LogP contribution in [-0.4, -0.2) is 30.9 Å². The molecule has 0 bridgehead atoms. The zero-order chi connectivity index (χ0) is 27.0. The van der Waals surface area contributed by atoms with Crippen molar-refractivity contribution in [3.8, 4) is 11.5 Å². The number of fused-ring (bicyclic) bond motifs is 1. The van der Waals surface area contributed by atoms with Crippen molar-refractivity contribution in [2.75, 3.05) is 14.2 Å². The molecule has 7 nitrogen and oxygen atoms in total. The molecular weight excluding hydrogens is 786 g/mol. The fourth-order valence-electron chi connectivity index (χ4n) is 4.08. The van der Waals surface area contributed by atoms with Crippen molar-refractivity contribution in [3.05, 3.63) is 84.0 Å². The molecule has 1 atom stereocenters. The Morgan fingerprint density at radius 3 is 2.43 bits per heavy atom. The van der Waals surface area contributed by atoms with E-state index in [1.165, 1.54) is 11.3 Å². The third-order valence-corrected chi connectivity index (χ3v) is 8.67. The van der Waals surface area contributed by atoms with E-state index in [1.54, 1.807) is 45.6 Å². The first kappa shape index (κ1) is 28.3. The fourth-order valence-corrected chi connectivity index (χ4v) is 7.76. The molecule has 0 saturated carbocycles. The number of halogens is 3. The van der Waals surface area contributed by atoms with Gasteiger partial charge in [-0.15, -0.1) is 0 Å². The summed E-state index contributed by atoms with van der Waals surface area (Å²) in [6.07, 6.45) is 1.51. The summed E-state index contributed by atoms with van der Waals surface area (Å²) in [5.74, 6) is 0.828. The average molecular weight is 809 g/mol. The lowest BCUT2D eigenvalue weighted by Crippen LogP contribution is -2.40. The summed E-state index contributed by atoms with van der Waals surface area (Å²) in [5, 5.41) is 0. The summed E-state index contributed by atoms with van der Waals surface area (Å²) in [6, 6.07) is 8.67. The molecule has 0 radical (unpaired) electrons. The quantitative estimate of drug-likeness (QED) is 0.254. The number of hydrogen-bond donors (Lipinski definition) is 0. The first-order valence-electron chi connectivity index (χ1n) is 11.2. The van der Waals surface area contributed by atoms with Gasteiger partial charge >= 0.3 is 5.97 Å². The lowest BCUT2D eigenvalue weighted by Gasteiger charge is -2.26. The highest BCUT2D eigenvalue weighted by molar-refractivity contribution is 14.1. The van der Waals surface area contributed by atoms with E-state index in [0.717, 1.165) is 22.9 Å². The topological polar surface area (TPSA) is 79.1 Å². The van der Waals surface area contributed by atoms with Gasteiger partial charge < -0.3 is 14.2 Å². The van der Waals surface area contributed by atoms with Gasteiger partial charge in [-0.05, 0) is 108 Å². The monoisotopic (exact) mass is 808 g/mol. The second-order valence-corrected chi connectivity index (χ2v) is 12.7. The molecule has 194 valence electrons. The number of carbonyl (C=O) groups excluding carboxylic acids is 1. The van der Waals surface area contributed by atoms with Crippen LogP contribution < -0.4 is 24.4 Å². The minimum atomic E-state index is -0.770. The van der Waals surface area contributed by atoms with Crippen LogP contribution in [0.15, 0.2) is 55.9 Å². The van der Waals surface area contributed by atoms with Crippen LogP contribution in [0.4, 0.5) is 0 Å². The summed E-state index contributed by atoms with van der Waals surface area (Å²) in [5.41, 5.74) is 2.07. The first-order chi connectivity index (χ1) is 17.5. The number of benzene rings is 2. The standard InChI is InChI=1S/C26H23BrI2N2O5S/c1-12(2)36-25(33)21-13(3)30-26-31(22(21)16-11-15(27)6-7-19(16)34-4)24(32)20(37-26)10-14-8-17(28)23(35-5)18(29)9-14/h6-12,22H,1-5H3/b20-10-/t22-/m0/s1. The minimum absolute atomic E-state index is 0.251. The molecule has 0 amide bonds. The van der Waals surface area contributed by atoms with Crippen LogP contribution in [0, 0.1) is 7.14 Å². The van der Waals surface area contributed by atoms with Crippen LogP contribution in [0.2, 0.25) is 0 Å². The highest BCUT2D eigenvalue weighted by Crippen LogP contribution is 2.37. The second-order valence-electron chi connectivity index (χ2n) is 8.44. The van der Waals surface area contributed by atoms with Crippen LogP contribution in [0.5, 0.6) is 11.5 Å². The van der Waals surface area contributed by atoms with Crippen molar-refractivity contribution in [2.45, 2.75) is 32.9 Å².